The molecule has 0 heterocycles. The van der Waals surface area contributed by atoms with Crippen molar-refractivity contribution in [3.05, 3.63) is 5.92 Å². The Morgan fingerprint density at radius 1 is 0.692 bits per heavy atom. The van der Waals surface area contributed by atoms with Crippen molar-refractivity contribution in [3.8, 4) is 0 Å². The van der Waals surface area contributed by atoms with E-state index in [-0.39, 0.29) is 0 Å². The Morgan fingerprint density at radius 3 is 0.923 bits per heavy atom. The predicted octanol–water partition coefficient (Wildman–Crippen LogP) is 4.06. The quantitative estimate of drug-likeness (QED) is 0.459. The molecule has 0 aliphatic heterocycles. The van der Waals surface area contributed by atoms with Gasteiger partial charge in [0.05, 0.1) is 0 Å². The summed E-state index contributed by atoms with van der Waals surface area (Å²) in [4.78, 5) is 0. The number of hydrogen-bond acceptors (Lipinski definition) is 0. The first-order valence-corrected chi connectivity index (χ1v) is 3.58. The molecule has 1 radical (unpaired) electrons. The van der Waals surface area contributed by atoms with Gasteiger partial charge in [0.25, 0.3) is 0 Å². The number of halogens is 9. The van der Waals surface area contributed by atoms with Crippen LogP contribution in [0, 0.1) is 5.92 Å². The van der Waals surface area contributed by atoms with Crippen LogP contribution in [0.15, 0.2) is 0 Å². The highest BCUT2D eigenvalue weighted by molar-refractivity contribution is 6.69. The van der Waals surface area contributed by atoms with Gasteiger partial charge in [-0.2, -0.15) is 26.3 Å². The molecule has 0 spiro atoms. The molecule has 0 unspecified atom stereocenters. The Hall–Kier alpha value is 0.450. The van der Waals surface area contributed by atoms with Crippen LogP contribution in [-0.2, 0) is 0 Å². The minimum absolute atomic E-state index is 3.06. The van der Waals surface area contributed by atoms with Gasteiger partial charge in [0.1, 0.15) is 0 Å². The lowest BCUT2D eigenvalue weighted by molar-refractivity contribution is -0.205. The number of hydrogen-bond donors (Lipinski definition) is 0. The van der Waals surface area contributed by atoms with E-state index in [1.54, 1.807) is 0 Å². The van der Waals surface area contributed by atoms with Crippen molar-refractivity contribution in [2.45, 2.75) is 16.1 Å². The van der Waals surface area contributed by atoms with Crippen molar-refractivity contribution < 1.29 is 26.3 Å². The summed E-state index contributed by atoms with van der Waals surface area (Å²) in [5, 5.41) is 0. The van der Waals surface area contributed by atoms with Gasteiger partial charge >= 0.3 is 12.4 Å². The maximum atomic E-state index is 11.7. The Bertz CT molecular complexity index is 143. The third-order valence-corrected chi connectivity index (χ3v) is 1.42. The molecule has 0 saturated carbocycles. The van der Waals surface area contributed by atoms with Gasteiger partial charge in [-0.15, -0.1) is 0 Å². The van der Waals surface area contributed by atoms with Gasteiger partial charge in [-0.05, 0) is 0 Å². The van der Waals surface area contributed by atoms with Crippen LogP contribution in [-0.4, -0.2) is 16.1 Å². The highest BCUT2D eigenvalue weighted by Gasteiger charge is 2.66. The summed E-state index contributed by atoms with van der Waals surface area (Å²) in [6, 6.07) is 0. The van der Waals surface area contributed by atoms with Crippen molar-refractivity contribution in [1.82, 2.24) is 0 Å². The maximum Gasteiger partial charge on any atom is 0.408 e. The molecule has 0 aromatic carbocycles. The van der Waals surface area contributed by atoms with E-state index < -0.39 is 22.1 Å². The van der Waals surface area contributed by atoms with Crippen molar-refractivity contribution in [1.29, 1.82) is 0 Å². The van der Waals surface area contributed by atoms with Gasteiger partial charge in [0.2, 0.25) is 9.71 Å². The largest absolute Gasteiger partial charge is 0.408 e. The van der Waals surface area contributed by atoms with Crippen molar-refractivity contribution in [2.75, 3.05) is 0 Å². The molecule has 0 N–H and O–H groups in total. The maximum absolute atomic E-state index is 11.7. The summed E-state index contributed by atoms with van der Waals surface area (Å²) in [5.41, 5.74) is 0. The minimum Gasteiger partial charge on any atom is -0.170 e. The molecule has 0 fully saturated rings. The van der Waals surface area contributed by atoms with Gasteiger partial charge in [0, 0.05) is 0 Å². The molecule has 9 heteroatoms. The van der Waals surface area contributed by atoms with Crippen molar-refractivity contribution in [3.63, 3.8) is 0 Å². The summed E-state index contributed by atoms with van der Waals surface area (Å²) in [6.45, 7) is 0. The highest BCUT2D eigenvalue weighted by atomic mass is 35.6. The SMILES string of the molecule is FC(F)(F)[C](C(F)(F)F)C(Cl)(Cl)Cl. The van der Waals surface area contributed by atoms with E-state index in [9.17, 15) is 26.3 Å². The molecule has 0 aliphatic rings. The lowest BCUT2D eigenvalue weighted by Crippen LogP contribution is -2.42. The summed E-state index contributed by atoms with van der Waals surface area (Å²) in [7, 11) is 0. The third-order valence-electron chi connectivity index (χ3n) is 0.850. The van der Waals surface area contributed by atoms with Crippen LogP contribution < -0.4 is 0 Å². The Balaban J connectivity index is 5.02. The molecule has 13 heavy (non-hydrogen) atoms. The van der Waals surface area contributed by atoms with E-state index in [4.69, 9.17) is 0 Å². The van der Waals surface area contributed by atoms with Gasteiger partial charge in [0.15, 0.2) is 0 Å². The lowest BCUT2D eigenvalue weighted by atomic mass is 10.1. The molecular weight excluding hydrogens is 268 g/mol. The predicted molar refractivity (Wildman–Crippen MR) is 35.6 cm³/mol. The van der Waals surface area contributed by atoms with Crippen molar-refractivity contribution >= 4 is 34.8 Å². The molecule has 0 aromatic heterocycles. The molecule has 79 valence electrons. The van der Waals surface area contributed by atoms with Crippen LogP contribution in [0.2, 0.25) is 0 Å². The van der Waals surface area contributed by atoms with Crippen LogP contribution in [0.25, 0.3) is 0 Å². The molecule has 0 bridgehead atoms. The van der Waals surface area contributed by atoms with Crippen LogP contribution in [0.4, 0.5) is 26.3 Å². The molecule has 0 saturated heterocycles. The molecule has 0 amide bonds. The second-order valence-corrected chi connectivity index (χ2v) is 4.15. The van der Waals surface area contributed by atoms with E-state index in [2.05, 4.69) is 34.8 Å². The first-order valence-electron chi connectivity index (χ1n) is 2.45. The van der Waals surface area contributed by atoms with Crippen molar-refractivity contribution in [2.24, 2.45) is 0 Å². The van der Waals surface area contributed by atoms with Gasteiger partial charge in [-0.25, -0.2) is 0 Å². The zero-order valence-electron chi connectivity index (χ0n) is 5.40. The Morgan fingerprint density at radius 2 is 0.923 bits per heavy atom. The van der Waals surface area contributed by atoms with Crippen LogP contribution in [0.5, 0.6) is 0 Å². The zero-order valence-corrected chi connectivity index (χ0v) is 7.67. The molecule has 0 nitrogen and oxygen atoms in total. The molecule has 0 aliphatic carbocycles. The standard InChI is InChI=1S/C4Cl3F6/c5-2(6,7)1(3(8,9)10)4(11,12)13. The first-order chi connectivity index (χ1) is 5.37. The van der Waals surface area contributed by atoms with Gasteiger partial charge in [-0.3, -0.25) is 0 Å². The molecular formula is C4Cl3F6. The lowest BCUT2D eigenvalue weighted by Gasteiger charge is -2.27. The fraction of sp³-hybridized carbons (Fsp3) is 0.750. The Labute approximate surface area is 83.7 Å². The second kappa shape index (κ2) is 3.55. The summed E-state index contributed by atoms with van der Waals surface area (Å²) >= 11 is 13.6. The summed E-state index contributed by atoms with van der Waals surface area (Å²) in [5.74, 6) is -3.06. The fourth-order valence-electron chi connectivity index (χ4n) is 0.482. The first kappa shape index (κ1) is 13.4. The topological polar surface area (TPSA) is 0 Å². The van der Waals surface area contributed by atoms with Crippen LogP contribution in [0.3, 0.4) is 0 Å². The minimum atomic E-state index is -5.72. The average molecular weight is 268 g/mol. The normalized spacial score (nSPS) is 15.2. The number of rotatable bonds is 0. The van der Waals surface area contributed by atoms with Gasteiger partial charge in [-0.1, -0.05) is 34.8 Å². The number of alkyl halides is 9. The van der Waals surface area contributed by atoms with Crippen LogP contribution >= 0.6 is 34.8 Å². The monoisotopic (exact) mass is 267 g/mol. The van der Waals surface area contributed by atoms with E-state index in [0.717, 1.165) is 0 Å². The summed E-state index contributed by atoms with van der Waals surface area (Å²) in [6.07, 6.45) is -11.4. The van der Waals surface area contributed by atoms with E-state index in [0.29, 0.717) is 0 Å². The third kappa shape index (κ3) is 3.99. The van der Waals surface area contributed by atoms with E-state index >= 15 is 0 Å². The molecule has 0 aromatic rings. The second-order valence-electron chi connectivity index (χ2n) is 1.87. The fourth-order valence-corrected chi connectivity index (χ4v) is 1.13. The smallest absolute Gasteiger partial charge is 0.170 e. The van der Waals surface area contributed by atoms with E-state index in [1.807, 2.05) is 0 Å². The summed E-state index contributed by atoms with van der Waals surface area (Å²) < 4.78 is 66.7. The van der Waals surface area contributed by atoms with E-state index in [1.165, 1.54) is 0 Å². The average Bonchev–Trinajstić information content (AvgIpc) is 1.44. The highest BCUT2D eigenvalue weighted by Crippen LogP contribution is 2.53. The molecule has 0 rings (SSSR count). The zero-order chi connectivity index (χ0) is 11.1. The Kier molecular flexibility index (Phi) is 3.67. The molecule has 0 atom stereocenters. The van der Waals surface area contributed by atoms with Crippen LogP contribution in [0.1, 0.15) is 0 Å². The van der Waals surface area contributed by atoms with Gasteiger partial charge < -0.3 is 0 Å².